The first-order valence-corrected chi connectivity index (χ1v) is 11.3. The molecule has 0 aromatic carbocycles. The van der Waals surface area contributed by atoms with Gasteiger partial charge >= 0.3 is 0 Å². The van der Waals surface area contributed by atoms with E-state index in [-0.39, 0.29) is 22.7 Å². The SMILES string of the molecule is CCC1C(=NOCCN)CC[C@@]2(C)C1C(=O)C[C@@H]1[C@H]2CC[C@]2(C)C(=O)CC[C@@H]12. The van der Waals surface area contributed by atoms with E-state index in [9.17, 15) is 9.59 Å². The number of nitrogens with two attached hydrogens (primary N) is 1. The van der Waals surface area contributed by atoms with Crippen molar-refractivity contribution in [3.8, 4) is 0 Å². The number of hydrogen-bond donors (Lipinski definition) is 1. The maximum atomic E-state index is 13.5. The van der Waals surface area contributed by atoms with Gasteiger partial charge in [0.15, 0.2) is 0 Å². The molecule has 4 rings (SSSR count). The summed E-state index contributed by atoms with van der Waals surface area (Å²) >= 11 is 0. The van der Waals surface area contributed by atoms with Crippen LogP contribution < -0.4 is 5.73 Å². The Bertz CT molecular complexity index is 689. The third kappa shape index (κ3) is 2.79. The van der Waals surface area contributed by atoms with E-state index in [0.717, 1.165) is 44.2 Å². The molecule has 28 heavy (non-hydrogen) atoms. The number of ketones is 2. The molecular weight excluding hydrogens is 352 g/mol. The zero-order valence-corrected chi connectivity index (χ0v) is 17.7. The summed E-state index contributed by atoms with van der Waals surface area (Å²) < 4.78 is 0. The molecule has 5 nitrogen and oxygen atoms in total. The highest BCUT2D eigenvalue weighted by atomic mass is 16.6. The molecule has 0 saturated heterocycles. The van der Waals surface area contributed by atoms with Crippen LogP contribution in [0, 0.1) is 40.4 Å². The first-order valence-electron chi connectivity index (χ1n) is 11.3. The molecule has 0 amide bonds. The van der Waals surface area contributed by atoms with Gasteiger partial charge in [-0.2, -0.15) is 0 Å². The van der Waals surface area contributed by atoms with Crippen LogP contribution in [0.5, 0.6) is 0 Å². The summed E-state index contributed by atoms with van der Waals surface area (Å²) in [4.78, 5) is 31.5. The van der Waals surface area contributed by atoms with E-state index >= 15 is 0 Å². The van der Waals surface area contributed by atoms with Crippen molar-refractivity contribution in [3.63, 3.8) is 0 Å². The Hall–Kier alpha value is -1.23. The lowest BCUT2D eigenvalue weighted by Crippen LogP contribution is -2.59. The molecule has 7 atom stereocenters. The maximum absolute atomic E-state index is 13.5. The molecule has 0 bridgehead atoms. The van der Waals surface area contributed by atoms with E-state index in [2.05, 4.69) is 25.9 Å². The zero-order chi connectivity index (χ0) is 20.1. The van der Waals surface area contributed by atoms with E-state index in [4.69, 9.17) is 10.6 Å². The van der Waals surface area contributed by atoms with Crippen LogP contribution in [0.1, 0.15) is 72.1 Å². The molecule has 0 heterocycles. The smallest absolute Gasteiger partial charge is 0.139 e. The summed E-state index contributed by atoms with van der Waals surface area (Å²) in [6.07, 6.45) is 7.30. The summed E-state index contributed by atoms with van der Waals surface area (Å²) in [6.45, 7) is 7.59. The molecule has 0 radical (unpaired) electrons. The average Bonchev–Trinajstić information content (AvgIpc) is 2.97. The summed E-state index contributed by atoms with van der Waals surface area (Å²) in [7, 11) is 0. The molecule has 0 spiro atoms. The van der Waals surface area contributed by atoms with Crippen molar-refractivity contribution in [1.29, 1.82) is 0 Å². The first kappa shape index (κ1) is 20.1. The van der Waals surface area contributed by atoms with Crippen LogP contribution in [0.2, 0.25) is 0 Å². The molecule has 0 aromatic rings. The molecular formula is C23H36N2O3. The van der Waals surface area contributed by atoms with E-state index in [0.29, 0.717) is 55.3 Å². The molecule has 0 aliphatic heterocycles. The fourth-order valence-corrected chi connectivity index (χ4v) is 7.69. The normalized spacial score (nSPS) is 46.9. The quantitative estimate of drug-likeness (QED) is 0.587. The Kier molecular flexibility index (Phi) is 5.18. The number of Topliss-reactive ketones (excluding diaryl/α,β-unsaturated/α-hetero) is 2. The van der Waals surface area contributed by atoms with Crippen LogP contribution >= 0.6 is 0 Å². The third-order valence-electron chi connectivity index (χ3n) is 9.07. The summed E-state index contributed by atoms with van der Waals surface area (Å²) in [5.41, 5.74) is 6.44. The second-order valence-electron chi connectivity index (χ2n) is 10.2. The number of oxime groups is 1. The minimum Gasteiger partial charge on any atom is -0.394 e. The second-order valence-corrected chi connectivity index (χ2v) is 10.2. The van der Waals surface area contributed by atoms with Crippen molar-refractivity contribution in [2.75, 3.05) is 13.2 Å². The van der Waals surface area contributed by atoms with Gasteiger partial charge in [0.1, 0.15) is 18.2 Å². The van der Waals surface area contributed by atoms with Gasteiger partial charge in [0.2, 0.25) is 0 Å². The maximum Gasteiger partial charge on any atom is 0.139 e. The van der Waals surface area contributed by atoms with Gasteiger partial charge < -0.3 is 10.6 Å². The number of rotatable bonds is 4. The topological polar surface area (TPSA) is 81.8 Å². The van der Waals surface area contributed by atoms with Gasteiger partial charge in [-0.05, 0) is 61.7 Å². The van der Waals surface area contributed by atoms with Gasteiger partial charge in [0, 0.05) is 36.6 Å². The van der Waals surface area contributed by atoms with Crippen LogP contribution in [-0.4, -0.2) is 30.4 Å². The Morgan fingerprint density at radius 3 is 2.64 bits per heavy atom. The minimum absolute atomic E-state index is 0.0283. The van der Waals surface area contributed by atoms with E-state index < -0.39 is 0 Å². The lowest BCUT2D eigenvalue weighted by molar-refractivity contribution is -0.156. The Morgan fingerprint density at radius 2 is 1.93 bits per heavy atom. The van der Waals surface area contributed by atoms with Gasteiger partial charge in [-0.25, -0.2) is 0 Å². The van der Waals surface area contributed by atoms with Crippen molar-refractivity contribution >= 4 is 17.3 Å². The lowest BCUT2D eigenvalue weighted by Gasteiger charge is -2.60. The fourth-order valence-electron chi connectivity index (χ4n) is 7.69. The molecule has 2 N–H and O–H groups in total. The van der Waals surface area contributed by atoms with Crippen LogP contribution in [0.4, 0.5) is 0 Å². The molecule has 5 heteroatoms. The highest BCUT2D eigenvalue weighted by Gasteiger charge is 2.63. The first-order chi connectivity index (χ1) is 13.4. The van der Waals surface area contributed by atoms with Crippen LogP contribution in [0.3, 0.4) is 0 Å². The predicted octanol–water partition coefficient (Wildman–Crippen LogP) is 3.74. The monoisotopic (exact) mass is 388 g/mol. The minimum atomic E-state index is -0.174. The predicted molar refractivity (Wildman–Crippen MR) is 109 cm³/mol. The second kappa shape index (κ2) is 7.23. The van der Waals surface area contributed by atoms with Crippen molar-refractivity contribution in [2.24, 2.45) is 51.3 Å². The highest BCUT2D eigenvalue weighted by Crippen LogP contribution is 2.65. The van der Waals surface area contributed by atoms with Gasteiger partial charge in [0.25, 0.3) is 0 Å². The Labute approximate surface area is 168 Å². The molecule has 156 valence electrons. The fraction of sp³-hybridized carbons (Fsp3) is 0.870. The number of carbonyl (C=O) groups excluding carboxylic acids is 2. The number of hydrogen-bond acceptors (Lipinski definition) is 5. The van der Waals surface area contributed by atoms with Crippen molar-refractivity contribution in [2.45, 2.75) is 72.1 Å². The molecule has 4 aliphatic carbocycles. The highest BCUT2D eigenvalue weighted by molar-refractivity contribution is 5.95. The average molecular weight is 389 g/mol. The zero-order valence-electron chi connectivity index (χ0n) is 17.7. The number of fused-ring (bicyclic) bond motifs is 5. The van der Waals surface area contributed by atoms with E-state index in [1.807, 2.05) is 0 Å². The largest absolute Gasteiger partial charge is 0.394 e. The van der Waals surface area contributed by atoms with Gasteiger partial charge in [-0.3, -0.25) is 9.59 Å². The molecule has 0 aromatic heterocycles. The number of carbonyl (C=O) groups is 2. The number of nitrogens with zero attached hydrogens (tertiary/aromatic N) is 1. The third-order valence-corrected chi connectivity index (χ3v) is 9.07. The van der Waals surface area contributed by atoms with Crippen LogP contribution in [0.15, 0.2) is 5.16 Å². The van der Waals surface area contributed by atoms with E-state index in [1.165, 1.54) is 0 Å². The Balaban J connectivity index is 1.64. The molecule has 4 saturated carbocycles. The van der Waals surface area contributed by atoms with Crippen LogP contribution in [-0.2, 0) is 14.4 Å². The van der Waals surface area contributed by atoms with Gasteiger partial charge in [-0.15, -0.1) is 0 Å². The molecule has 4 aliphatic rings. The molecule has 4 fully saturated rings. The summed E-state index contributed by atoms with van der Waals surface area (Å²) in [5.74, 6) is 2.44. The van der Waals surface area contributed by atoms with Crippen LogP contribution in [0.25, 0.3) is 0 Å². The van der Waals surface area contributed by atoms with Gasteiger partial charge in [0.05, 0.1) is 5.71 Å². The standard InChI is InChI=1S/C23H36N2O3/c1-4-14-18(25-28-12-11-24)8-10-23(3)17-7-9-22(2)16(5-6-20(22)27)15(17)13-19(26)21(14)23/h14-17,21H,4-13,24H2,1-3H3/t14?,15-,16-,17+,21?,22-,23+/m0/s1. The van der Waals surface area contributed by atoms with E-state index in [1.54, 1.807) is 0 Å². The summed E-state index contributed by atoms with van der Waals surface area (Å²) in [5, 5.41) is 4.40. The van der Waals surface area contributed by atoms with Gasteiger partial charge in [-0.1, -0.05) is 25.9 Å². The van der Waals surface area contributed by atoms with Crippen molar-refractivity contribution < 1.29 is 14.4 Å². The van der Waals surface area contributed by atoms with Crippen molar-refractivity contribution in [3.05, 3.63) is 0 Å². The Morgan fingerprint density at radius 1 is 1.14 bits per heavy atom. The van der Waals surface area contributed by atoms with Crippen molar-refractivity contribution in [1.82, 2.24) is 0 Å². The molecule has 2 unspecified atom stereocenters. The summed E-state index contributed by atoms with van der Waals surface area (Å²) in [6, 6.07) is 0. The lowest BCUT2D eigenvalue weighted by atomic mass is 9.43.